The summed E-state index contributed by atoms with van der Waals surface area (Å²) < 4.78 is 4.30. The molecule has 1 rings (SSSR count). The smallest absolute Gasteiger partial charge is 1.00 e. The topological polar surface area (TPSA) is 43.4 Å². The molecule has 1 saturated carbocycles. The Morgan fingerprint density at radius 2 is 2.00 bits per heavy atom. The number of esters is 2. The molecular formula is C6H9KO3. The molecule has 3 nitrogen and oxygen atoms in total. The van der Waals surface area contributed by atoms with Crippen LogP contribution in [0.2, 0.25) is 0 Å². The predicted molar refractivity (Wildman–Crippen MR) is 30.6 cm³/mol. The van der Waals surface area contributed by atoms with Crippen molar-refractivity contribution in [2.75, 3.05) is 0 Å². The quantitative estimate of drug-likeness (QED) is 0.249. The summed E-state index contributed by atoms with van der Waals surface area (Å²) in [5.74, 6) is -0.844. The van der Waals surface area contributed by atoms with E-state index in [0.717, 1.165) is 12.8 Å². The van der Waals surface area contributed by atoms with E-state index in [4.69, 9.17) is 0 Å². The first-order chi connectivity index (χ1) is 4.20. The first-order valence-electron chi connectivity index (χ1n) is 2.92. The van der Waals surface area contributed by atoms with Crippen molar-refractivity contribution >= 4 is 11.9 Å². The van der Waals surface area contributed by atoms with Gasteiger partial charge in [0.1, 0.15) is 0 Å². The molecule has 0 aromatic carbocycles. The van der Waals surface area contributed by atoms with Crippen molar-refractivity contribution in [1.82, 2.24) is 0 Å². The van der Waals surface area contributed by atoms with Gasteiger partial charge in [-0.3, -0.25) is 9.59 Å². The summed E-state index contributed by atoms with van der Waals surface area (Å²) in [6, 6.07) is 0. The number of ether oxygens (including phenoxy) is 1. The van der Waals surface area contributed by atoms with Crippen molar-refractivity contribution in [1.29, 1.82) is 0 Å². The second-order valence-electron chi connectivity index (χ2n) is 2.19. The summed E-state index contributed by atoms with van der Waals surface area (Å²) >= 11 is 0. The Morgan fingerprint density at radius 1 is 1.50 bits per heavy atom. The van der Waals surface area contributed by atoms with Gasteiger partial charge in [-0.15, -0.1) is 0 Å². The fourth-order valence-corrected chi connectivity index (χ4v) is 0.544. The van der Waals surface area contributed by atoms with E-state index in [1.54, 1.807) is 0 Å². The number of rotatable bonds is 1. The van der Waals surface area contributed by atoms with E-state index < -0.39 is 5.97 Å². The molecule has 0 unspecified atom stereocenters. The van der Waals surface area contributed by atoms with Gasteiger partial charge in [0.2, 0.25) is 0 Å². The van der Waals surface area contributed by atoms with Gasteiger partial charge in [0.25, 0.3) is 0 Å². The molecule has 0 radical (unpaired) electrons. The first kappa shape index (κ1) is 10.8. The molecule has 0 spiro atoms. The molecule has 52 valence electrons. The molecular weight excluding hydrogens is 159 g/mol. The zero-order valence-corrected chi connectivity index (χ0v) is 9.34. The predicted octanol–water partition coefficient (Wildman–Crippen LogP) is -2.40. The van der Waals surface area contributed by atoms with E-state index in [2.05, 4.69) is 4.74 Å². The van der Waals surface area contributed by atoms with Crippen LogP contribution in [0.25, 0.3) is 0 Å². The normalized spacial score (nSPS) is 15.3. The van der Waals surface area contributed by atoms with Crippen molar-refractivity contribution < 1.29 is 67.1 Å². The van der Waals surface area contributed by atoms with Crippen LogP contribution in [0.5, 0.6) is 0 Å². The van der Waals surface area contributed by atoms with Gasteiger partial charge in [-0.05, 0) is 12.8 Å². The van der Waals surface area contributed by atoms with Crippen LogP contribution in [-0.2, 0) is 14.3 Å². The minimum atomic E-state index is -0.507. The third-order valence-corrected chi connectivity index (χ3v) is 1.16. The molecule has 0 bridgehead atoms. The molecule has 0 aromatic rings. The fourth-order valence-electron chi connectivity index (χ4n) is 0.544. The van der Waals surface area contributed by atoms with Gasteiger partial charge in [0.05, 0.1) is 5.92 Å². The van der Waals surface area contributed by atoms with E-state index >= 15 is 0 Å². The van der Waals surface area contributed by atoms with Crippen molar-refractivity contribution in [3.63, 3.8) is 0 Å². The van der Waals surface area contributed by atoms with E-state index in [-0.39, 0.29) is 64.7 Å². The molecule has 1 aliphatic rings. The third kappa shape index (κ3) is 3.83. The average molecular weight is 168 g/mol. The Bertz CT molecular complexity index is 156. The molecule has 1 fully saturated rings. The molecule has 1 aliphatic carbocycles. The van der Waals surface area contributed by atoms with Crippen molar-refractivity contribution in [3.8, 4) is 0 Å². The molecule has 0 aromatic heterocycles. The van der Waals surface area contributed by atoms with Crippen LogP contribution in [-0.4, -0.2) is 11.9 Å². The maximum absolute atomic E-state index is 10.6. The third-order valence-electron chi connectivity index (χ3n) is 1.16. The second-order valence-corrected chi connectivity index (χ2v) is 2.19. The monoisotopic (exact) mass is 168 g/mol. The summed E-state index contributed by atoms with van der Waals surface area (Å²) in [5, 5.41) is 0. The molecule has 0 saturated heterocycles. The van der Waals surface area contributed by atoms with Crippen LogP contribution in [0.4, 0.5) is 0 Å². The average Bonchev–Trinajstić information content (AvgIpc) is 2.40. The molecule has 0 N–H and O–H groups in total. The van der Waals surface area contributed by atoms with Gasteiger partial charge in [0, 0.05) is 6.92 Å². The molecule has 0 aliphatic heterocycles. The summed E-state index contributed by atoms with van der Waals surface area (Å²) in [6.45, 7) is 1.24. The maximum atomic E-state index is 10.6. The molecule has 0 heterocycles. The van der Waals surface area contributed by atoms with Gasteiger partial charge in [-0.1, -0.05) is 0 Å². The van der Waals surface area contributed by atoms with Crippen molar-refractivity contribution in [3.05, 3.63) is 0 Å². The number of hydrogen-bond donors (Lipinski definition) is 0. The number of hydrogen-bond acceptors (Lipinski definition) is 3. The SMILES string of the molecule is CC(=O)OC(=O)C1CC1.[H-].[K+]. The van der Waals surface area contributed by atoms with Gasteiger partial charge in [-0.2, -0.15) is 0 Å². The molecule has 10 heavy (non-hydrogen) atoms. The number of carbonyl (C=O) groups excluding carboxylic acids is 2. The van der Waals surface area contributed by atoms with Gasteiger partial charge in [-0.25, -0.2) is 0 Å². The van der Waals surface area contributed by atoms with E-state index in [9.17, 15) is 9.59 Å². The van der Waals surface area contributed by atoms with Gasteiger partial charge >= 0.3 is 63.3 Å². The summed E-state index contributed by atoms with van der Waals surface area (Å²) in [7, 11) is 0. The summed E-state index contributed by atoms with van der Waals surface area (Å²) in [5.41, 5.74) is 0. The minimum absolute atomic E-state index is 0. The van der Waals surface area contributed by atoms with Crippen molar-refractivity contribution in [2.24, 2.45) is 5.92 Å². The second kappa shape index (κ2) is 4.61. The number of carbonyl (C=O) groups is 2. The zero-order chi connectivity index (χ0) is 6.85. The van der Waals surface area contributed by atoms with E-state index in [0.29, 0.717) is 0 Å². The van der Waals surface area contributed by atoms with Gasteiger partial charge in [0.15, 0.2) is 0 Å². The zero-order valence-electron chi connectivity index (χ0n) is 7.22. The molecule has 0 atom stereocenters. The van der Waals surface area contributed by atoms with Crippen LogP contribution in [0, 0.1) is 5.92 Å². The van der Waals surface area contributed by atoms with Crippen molar-refractivity contribution in [2.45, 2.75) is 19.8 Å². The summed E-state index contributed by atoms with van der Waals surface area (Å²) in [6.07, 6.45) is 1.76. The van der Waals surface area contributed by atoms with Crippen LogP contribution >= 0.6 is 0 Å². The van der Waals surface area contributed by atoms with Crippen LogP contribution < -0.4 is 51.4 Å². The first-order valence-corrected chi connectivity index (χ1v) is 2.92. The van der Waals surface area contributed by atoms with E-state index in [1.165, 1.54) is 6.92 Å². The maximum Gasteiger partial charge on any atom is 1.00 e. The largest absolute Gasteiger partial charge is 1.00 e. The Balaban J connectivity index is 0. The van der Waals surface area contributed by atoms with Crippen LogP contribution in [0.3, 0.4) is 0 Å². The fraction of sp³-hybridized carbons (Fsp3) is 0.667. The Morgan fingerprint density at radius 3 is 2.30 bits per heavy atom. The van der Waals surface area contributed by atoms with E-state index in [1.807, 2.05) is 0 Å². The van der Waals surface area contributed by atoms with Crippen LogP contribution in [0.15, 0.2) is 0 Å². The molecule has 4 heteroatoms. The summed E-state index contributed by atoms with van der Waals surface area (Å²) in [4.78, 5) is 20.7. The minimum Gasteiger partial charge on any atom is -1.00 e. The Labute approximate surface area is 103 Å². The Kier molecular flexibility index (Phi) is 4.97. The van der Waals surface area contributed by atoms with Crippen LogP contribution in [0.1, 0.15) is 21.2 Å². The van der Waals surface area contributed by atoms with Gasteiger partial charge < -0.3 is 6.16 Å². The molecule has 0 amide bonds. The Hall–Kier alpha value is 0.776. The standard InChI is InChI=1S/C6H8O3.K.H/c1-4(7)9-6(8)5-2-3-5;;/h5H,2-3H2,1H3;;/q;+1;-1.